The lowest BCUT2D eigenvalue weighted by Gasteiger charge is -2.47. The van der Waals surface area contributed by atoms with Gasteiger partial charge in [0.2, 0.25) is 0 Å². The standard InChI is InChI=1S/C11H20ClN3/c1-10(6-12)7-14-8-11(9-14)15-4-2-13-3-5-15/h6,11,13H,2-5,7-9H2,1H3. The topological polar surface area (TPSA) is 18.5 Å². The summed E-state index contributed by atoms with van der Waals surface area (Å²) in [6.07, 6.45) is 0. The molecule has 4 heteroatoms. The molecule has 0 bridgehead atoms. The van der Waals surface area contributed by atoms with Crippen LogP contribution >= 0.6 is 11.6 Å². The smallest absolute Gasteiger partial charge is 0.0351 e. The summed E-state index contributed by atoms with van der Waals surface area (Å²) in [5.74, 6) is 0. The minimum absolute atomic E-state index is 0.787. The van der Waals surface area contributed by atoms with Crippen molar-refractivity contribution in [1.82, 2.24) is 15.1 Å². The molecule has 0 spiro atoms. The van der Waals surface area contributed by atoms with E-state index in [9.17, 15) is 0 Å². The van der Waals surface area contributed by atoms with Gasteiger partial charge in [0.25, 0.3) is 0 Å². The van der Waals surface area contributed by atoms with Crippen molar-refractivity contribution in [3.8, 4) is 0 Å². The Bertz CT molecular complexity index is 230. The SMILES string of the molecule is CC(=CCl)CN1CC(N2CCNCC2)C1. The van der Waals surface area contributed by atoms with E-state index in [0.29, 0.717) is 0 Å². The molecule has 0 aromatic heterocycles. The van der Waals surface area contributed by atoms with E-state index in [4.69, 9.17) is 11.6 Å². The Morgan fingerprint density at radius 3 is 2.67 bits per heavy atom. The van der Waals surface area contributed by atoms with Crippen LogP contribution in [-0.2, 0) is 0 Å². The molecule has 0 amide bonds. The van der Waals surface area contributed by atoms with Gasteiger partial charge >= 0.3 is 0 Å². The van der Waals surface area contributed by atoms with Crippen LogP contribution in [0.3, 0.4) is 0 Å². The maximum absolute atomic E-state index is 5.65. The van der Waals surface area contributed by atoms with E-state index in [-0.39, 0.29) is 0 Å². The molecule has 2 fully saturated rings. The normalized spacial score (nSPS) is 26.7. The molecule has 0 radical (unpaired) electrons. The second kappa shape index (κ2) is 5.30. The highest BCUT2D eigenvalue weighted by Crippen LogP contribution is 2.16. The largest absolute Gasteiger partial charge is 0.314 e. The zero-order valence-corrected chi connectivity index (χ0v) is 10.1. The highest BCUT2D eigenvalue weighted by Gasteiger charge is 2.31. The lowest BCUT2D eigenvalue weighted by atomic mass is 10.1. The van der Waals surface area contributed by atoms with Gasteiger partial charge in [-0.3, -0.25) is 9.80 Å². The number of nitrogens with zero attached hydrogens (tertiary/aromatic N) is 2. The first-order valence-electron chi connectivity index (χ1n) is 5.72. The number of hydrogen-bond donors (Lipinski definition) is 1. The molecule has 3 nitrogen and oxygen atoms in total. The summed E-state index contributed by atoms with van der Waals surface area (Å²) in [4.78, 5) is 5.06. The van der Waals surface area contributed by atoms with E-state index in [0.717, 1.165) is 25.7 Å². The molecular weight excluding hydrogens is 210 g/mol. The molecule has 2 saturated heterocycles. The van der Waals surface area contributed by atoms with Gasteiger partial charge in [-0.15, -0.1) is 0 Å². The van der Waals surface area contributed by atoms with Crippen molar-refractivity contribution in [1.29, 1.82) is 0 Å². The summed E-state index contributed by atoms with van der Waals surface area (Å²) in [6.45, 7) is 10.3. The molecular formula is C11H20ClN3. The Balaban J connectivity index is 1.68. The maximum Gasteiger partial charge on any atom is 0.0351 e. The fourth-order valence-electron chi connectivity index (χ4n) is 2.34. The summed E-state index contributed by atoms with van der Waals surface area (Å²) in [6, 6.07) is 0.787. The summed E-state index contributed by atoms with van der Waals surface area (Å²) in [5, 5.41) is 3.39. The quantitative estimate of drug-likeness (QED) is 0.770. The van der Waals surface area contributed by atoms with Crippen LogP contribution in [0.25, 0.3) is 0 Å². The van der Waals surface area contributed by atoms with Crippen LogP contribution in [0.1, 0.15) is 6.92 Å². The van der Waals surface area contributed by atoms with Crippen molar-refractivity contribution in [2.75, 3.05) is 45.8 Å². The van der Waals surface area contributed by atoms with Crippen molar-refractivity contribution in [2.24, 2.45) is 0 Å². The highest BCUT2D eigenvalue weighted by atomic mass is 35.5. The van der Waals surface area contributed by atoms with E-state index >= 15 is 0 Å². The average Bonchev–Trinajstić information content (AvgIpc) is 2.23. The summed E-state index contributed by atoms with van der Waals surface area (Å²) in [7, 11) is 0. The monoisotopic (exact) mass is 229 g/mol. The van der Waals surface area contributed by atoms with Gasteiger partial charge in [0.05, 0.1) is 0 Å². The van der Waals surface area contributed by atoms with Crippen LogP contribution in [-0.4, -0.2) is 61.7 Å². The van der Waals surface area contributed by atoms with E-state index in [2.05, 4.69) is 22.0 Å². The van der Waals surface area contributed by atoms with Crippen molar-refractivity contribution in [3.05, 3.63) is 11.1 Å². The Hall–Kier alpha value is -0.0900. The summed E-state index contributed by atoms with van der Waals surface area (Å²) < 4.78 is 0. The summed E-state index contributed by atoms with van der Waals surface area (Å²) >= 11 is 5.65. The lowest BCUT2D eigenvalue weighted by molar-refractivity contribution is 0.0334. The van der Waals surface area contributed by atoms with Gasteiger partial charge in [-0.25, -0.2) is 0 Å². The van der Waals surface area contributed by atoms with Crippen LogP contribution in [0, 0.1) is 0 Å². The number of hydrogen-bond acceptors (Lipinski definition) is 3. The Labute approximate surface area is 97.1 Å². The second-order valence-corrected chi connectivity index (χ2v) is 4.81. The third kappa shape index (κ3) is 2.94. The van der Waals surface area contributed by atoms with Crippen molar-refractivity contribution < 1.29 is 0 Å². The first kappa shape index (κ1) is 11.4. The third-order valence-electron chi connectivity index (χ3n) is 3.27. The van der Waals surface area contributed by atoms with Crippen molar-refractivity contribution in [3.63, 3.8) is 0 Å². The zero-order valence-electron chi connectivity index (χ0n) is 9.38. The molecule has 0 aromatic rings. The third-order valence-corrected chi connectivity index (χ3v) is 3.64. The van der Waals surface area contributed by atoms with E-state index in [1.54, 1.807) is 5.54 Å². The zero-order chi connectivity index (χ0) is 10.7. The molecule has 0 aromatic carbocycles. The molecule has 86 valence electrons. The van der Waals surface area contributed by atoms with Gasteiger partial charge in [0, 0.05) is 57.4 Å². The van der Waals surface area contributed by atoms with Gasteiger partial charge in [-0.2, -0.15) is 0 Å². The summed E-state index contributed by atoms with van der Waals surface area (Å²) in [5.41, 5.74) is 2.95. The molecule has 0 aliphatic carbocycles. The molecule has 15 heavy (non-hydrogen) atoms. The van der Waals surface area contributed by atoms with Crippen LogP contribution in [0.4, 0.5) is 0 Å². The maximum atomic E-state index is 5.65. The number of rotatable bonds is 3. The molecule has 2 aliphatic heterocycles. The molecule has 2 aliphatic rings. The van der Waals surface area contributed by atoms with Crippen LogP contribution in [0.2, 0.25) is 0 Å². The van der Waals surface area contributed by atoms with Gasteiger partial charge in [0.15, 0.2) is 0 Å². The molecule has 2 rings (SSSR count). The van der Waals surface area contributed by atoms with E-state index in [1.807, 2.05) is 0 Å². The molecule has 2 heterocycles. The van der Waals surface area contributed by atoms with Crippen molar-refractivity contribution in [2.45, 2.75) is 13.0 Å². The van der Waals surface area contributed by atoms with Gasteiger partial charge in [-0.05, 0) is 12.5 Å². The van der Waals surface area contributed by atoms with Gasteiger partial charge in [-0.1, -0.05) is 11.6 Å². The van der Waals surface area contributed by atoms with Crippen LogP contribution < -0.4 is 5.32 Å². The Morgan fingerprint density at radius 2 is 2.07 bits per heavy atom. The van der Waals surface area contributed by atoms with E-state index in [1.165, 1.54) is 31.8 Å². The number of likely N-dealkylation sites (tertiary alicyclic amines) is 1. The molecule has 0 atom stereocenters. The molecule has 0 saturated carbocycles. The lowest BCUT2D eigenvalue weighted by Crippen LogP contribution is -2.62. The average molecular weight is 230 g/mol. The fourth-order valence-corrected chi connectivity index (χ4v) is 2.41. The van der Waals surface area contributed by atoms with Crippen molar-refractivity contribution >= 4 is 11.6 Å². The number of piperazine rings is 1. The molecule has 1 N–H and O–H groups in total. The predicted octanol–water partition coefficient (Wildman–Crippen LogP) is 0.718. The Morgan fingerprint density at radius 1 is 1.40 bits per heavy atom. The van der Waals surface area contributed by atoms with Crippen LogP contribution in [0.15, 0.2) is 11.1 Å². The first-order valence-corrected chi connectivity index (χ1v) is 6.16. The predicted molar refractivity (Wildman–Crippen MR) is 64.3 cm³/mol. The fraction of sp³-hybridized carbons (Fsp3) is 0.818. The van der Waals surface area contributed by atoms with Gasteiger partial charge < -0.3 is 5.32 Å². The van der Waals surface area contributed by atoms with Gasteiger partial charge in [0.1, 0.15) is 0 Å². The second-order valence-electron chi connectivity index (χ2n) is 4.59. The minimum atomic E-state index is 0.787. The highest BCUT2D eigenvalue weighted by molar-refractivity contribution is 6.25. The first-order chi connectivity index (χ1) is 7.29. The number of halogens is 1. The number of nitrogens with one attached hydrogen (secondary N) is 1. The minimum Gasteiger partial charge on any atom is -0.314 e. The molecule has 0 unspecified atom stereocenters. The van der Waals surface area contributed by atoms with E-state index < -0.39 is 0 Å². The Kier molecular flexibility index (Phi) is 4.03. The van der Waals surface area contributed by atoms with Crippen LogP contribution in [0.5, 0.6) is 0 Å².